The molecule has 13 heavy (non-hydrogen) atoms. The van der Waals surface area contributed by atoms with Gasteiger partial charge in [-0.25, -0.2) is 9.78 Å². The molecule has 2 rings (SSSR count). The summed E-state index contributed by atoms with van der Waals surface area (Å²) in [5.41, 5.74) is 0. The number of rotatable bonds is 1. The monoisotopic (exact) mass is 181 g/mol. The molecule has 0 fully saturated rings. The van der Waals surface area contributed by atoms with E-state index < -0.39 is 5.97 Å². The van der Waals surface area contributed by atoms with Crippen LogP contribution in [0.2, 0.25) is 0 Å². The molecule has 6 nitrogen and oxygen atoms in total. The Kier molecular flexibility index (Phi) is 3.25. The van der Waals surface area contributed by atoms with Gasteiger partial charge in [0.1, 0.15) is 6.26 Å². The van der Waals surface area contributed by atoms with E-state index in [9.17, 15) is 4.79 Å². The van der Waals surface area contributed by atoms with Gasteiger partial charge in [0.05, 0.1) is 6.20 Å². The van der Waals surface area contributed by atoms with E-state index >= 15 is 0 Å². The number of H-pyrrole nitrogens is 1. The van der Waals surface area contributed by atoms with Crippen LogP contribution in [0.1, 0.15) is 10.7 Å². The fourth-order valence-electron chi connectivity index (χ4n) is 0.544. The predicted octanol–water partition coefficient (Wildman–Crippen LogP) is 0.782. The summed E-state index contributed by atoms with van der Waals surface area (Å²) in [6.45, 7) is 0. The van der Waals surface area contributed by atoms with Gasteiger partial charge in [-0.1, -0.05) is 0 Å². The first-order chi connectivity index (χ1) is 6.30. The number of hydrogen-bond donors (Lipinski definition) is 2. The van der Waals surface area contributed by atoms with Gasteiger partial charge in [-0.05, 0) is 6.07 Å². The Balaban J connectivity index is 0.000000145. The topological polar surface area (TPSA) is 92.0 Å². The summed E-state index contributed by atoms with van der Waals surface area (Å²) in [5.74, 6) is -1.42. The van der Waals surface area contributed by atoms with Crippen LogP contribution in [-0.4, -0.2) is 26.3 Å². The second-order valence-electron chi connectivity index (χ2n) is 1.91. The molecule has 0 unspecified atom stereocenters. The molecule has 2 N–H and O–H groups in total. The summed E-state index contributed by atoms with van der Waals surface area (Å²) < 4.78 is 4.38. The molecule has 0 aliphatic rings. The number of hydrogen-bond acceptors (Lipinski definition) is 4. The van der Waals surface area contributed by atoms with E-state index in [1.54, 1.807) is 12.4 Å². The summed E-state index contributed by atoms with van der Waals surface area (Å²) in [4.78, 5) is 13.3. The molecular weight excluding hydrogens is 174 g/mol. The van der Waals surface area contributed by atoms with Crippen LogP contribution < -0.4 is 0 Å². The summed E-state index contributed by atoms with van der Waals surface area (Å²) >= 11 is 0. The number of aromatic amines is 1. The SMILES string of the molecule is O=C(O)c1ncco1.c1cn[nH]c1. The summed E-state index contributed by atoms with van der Waals surface area (Å²) in [6.07, 6.45) is 5.95. The zero-order valence-corrected chi connectivity index (χ0v) is 6.54. The Morgan fingerprint density at radius 3 is 2.62 bits per heavy atom. The third kappa shape index (κ3) is 3.19. The molecule has 2 aromatic rings. The van der Waals surface area contributed by atoms with E-state index in [1.807, 2.05) is 6.07 Å². The molecule has 0 aromatic carbocycles. The lowest BCUT2D eigenvalue weighted by atomic mass is 10.7. The number of nitrogens with zero attached hydrogens (tertiary/aromatic N) is 2. The van der Waals surface area contributed by atoms with Crippen molar-refractivity contribution in [3.05, 3.63) is 36.8 Å². The van der Waals surface area contributed by atoms with Crippen LogP contribution in [0.15, 0.2) is 35.3 Å². The van der Waals surface area contributed by atoms with Crippen molar-refractivity contribution in [3.8, 4) is 0 Å². The third-order valence-corrected chi connectivity index (χ3v) is 1.02. The minimum atomic E-state index is -1.14. The maximum atomic E-state index is 9.91. The van der Waals surface area contributed by atoms with Crippen LogP contribution in [0.3, 0.4) is 0 Å². The molecule has 68 valence electrons. The smallest absolute Gasteiger partial charge is 0.392 e. The van der Waals surface area contributed by atoms with Crippen molar-refractivity contribution in [1.29, 1.82) is 0 Å². The van der Waals surface area contributed by atoms with E-state index in [-0.39, 0.29) is 5.89 Å². The van der Waals surface area contributed by atoms with Gasteiger partial charge in [0, 0.05) is 12.4 Å². The van der Waals surface area contributed by atoms with Crippen molar-refractivity contribution in [2.24, 2.45) is 0 Å². The van der Waals surface area contributed by atoms with Gasteiger partial charge in [0.2, 0.25) is 0 Å². The van der Waals surface area contributed by atoms with Crippen LogP contribution >= 0.6 is 0 Å². The predicted molar refractivity (Wildman–Crippen MR) is 42.1 cm³/mol. The summed E-state index contributed by atoms with van der Waals surface area (Å²) in [5, 5.41) is 14.3. The fraction of sp³-hybridized carbons (Fsp3) is 0. The first kappa shape index (κ1) is 8.98. The Hall–Kier alpha value is -2.11. The molecular formula is C7H7N3O3. The number of carbonyl (C=O) groups is 1. The number of oxazole rings is 1. The van der Waals surface area contributed by atoms with Crippen LogP contribution in [0, 0.1) is 0 Å². The molecule has 0 bridgehead atoms. The fourth-order valence-corrected chi connectivity index (χ4v) is 0.544. The average Bonchev–Trinajstić information content (AvgIpc) is 2.82. The van der Waals surface area contributed by atoms with Gasteiger partial charge in [-0.2, -0.15) is 5.10 Å². The second kappa shape index (κ2) is 4.70. The van der Waals surface area contributed by atoms with Crippen LogP contribution in [0.4, 0.5) is 0 Å². The second-order valence-corrected chi connectivity index (χ2v) is 1.91. The maximum Gasteiger partial charge on any atom is 0.392 e. The van der Waals surface area contributed by atoms with Crippen molar-refractivity contribution < 1.29 is 14.3 Å². The largest absolute Gasteiger partial charge is 0.474 e. The van der Waals surface area contributed by atoms with Crippen LogP contribution in [-0.2, 0) is 0 Å². The Bertz CT molecular complexity index is 311. The standard InChI is InChI=1S/C4H3NO3.C3H4N2/c6-4(7)3-5-1-2-8-3;1-2-4-5-3-1/h1-2H,(H,6,7);1-3H,(H,4,5). The highest BCUT2D eigenvalue weighted by molar-refractivity contribution is 5.81. The molecule has 0 spiro atoms. The van der Waals surface area contributed by atoms with Crippen LogP contribution in [0.5, 0.6) is 0 Å². The van der Waals surface area contributed by atoms with E-state index in [0.717, 1.165) is 0 Å². The van der Waals surface area contributed by atoms with Crippen molar-refractivity contribution in [2.75, 3.05) is 0 Å². The lowest BCUT2D eigenvalue weighted by Crippen LogP contribution is -1.94. The van der Waals surface area contributed by atoms with Gasteiger partial charge < -0.3 is 9.52 Å². The van der Waals surface area contributed by atoms with Crippen molar-refractivity contribution in [1.82, 2.24) is 15.2 Å². The Morgan fingerprint density at radius 2 is 2.38 bits per heavy atom. The molecule has 0 saturated carbocycles. The summed E-state index contributed by atoms with van der Waals surface area (Å²) in [7, 11) is 0. The zero-order chi connectivity index (χ0) is 9.52. The molecule has 0 amide bonds. The molecule has 2 aromatic heterocycles. The molecule has 0 aliphatic heterocycles. The summed E-state index contributed by atoms with van der Waals surface area (Å²) in [6, 6.07) is 1.83. The molecule has 2 heterocycles. The molecule has 0 saturated heterocycles. The first-order valence-electron chi connectivity index (χ1n) is 3.37. The van der Waals surface area contributed by atoms with Crippen molar-refractivity contribution in [2.45, 2.75) is 0 Å². The number of aromatic carboxylic acids is 1. The van der Waals surface area contributed by atoms with E-state index in [1.165, 1.54) is 12.5 Å². The van der Waals surface area contributed by atoms with Gasteiger partial charge in [-0.3, -0.25) is 5.10 Å². The third-order valence-electron chi connectivity index (χ3n) is 1.02. The Labute approximate surface area is 73.2 Å². The zero-order valence-electron chi connectivity index (χ0n) is 6.54. The highest BCUT2D eigenvalue weighted by Crippen LogP contribution is 1.91. The maximum absolute atomic E-state index is 9.91. The molecule has 0 aliphatic carbocycles. The number of nitrogens with one attached hydrogen (secondary N) is 1. The minimum absolute atomic E-state index is 0.273. The van der Waals surface area contributed by atoms with Gasteiger partial charge in [0.25, 0.3) is 0 Å². The van der Waals surface area contributed by atoms with Crippen LogP contribution in [0.25, 0.3) is 0 Å². The first-order valence-corrected chi connectivity index (χ1v) is 3.37. The lowest BCUT2D eigenvalue weighted by molar-refractivity contribution is 0.0653. The van der Waals surface area contributed by atoms with E-state index in [2.05, 4.69) is 19.6 Å². The quantitative estimate of drug-likeness (QED) is 0.678. The molecule has 6 heteroatoms. The van der Waals surface area contributed by atoms with E-state index in [0.29, 0.717) is 0 Å². The Morgan fingerprint density at radius 1 is 1.54 bits per heavy atom. The molecule has 0 radical (unpaired) electrons. The normalized spacial score (nSPS) is 8.62. The average molecular weight is 181 g/mol. The van der Waals surface area contributed by atoms with Gasteiger partial charge >= 0.3 is 11.9 Å². The minimum Gasteiger partial charge on any atom is -0.474 e. The molecule has 0 atom stereocenters. The van der Waals surface area contributed by atoms with Crippen molar-refractivity contribution >= 4 is 5.97 Å². The number of aromatic nitrogens is 3. The van der Waals surface area contributed by atoms with E-state index in [4.69, 9.17) is 5.11 Å². The van der Waals surface area contributed by atoms with Gasteiger partial charge in [-0.15, -0.1) is 0 Å². The van der Waals surface area contributed by atoms with Gasteiger partial charge in [0.15, 0.2) is 0 Å². The number of carboxylic acids is 1. The number of carboxylic acid groups (broad SMARTS) is 1. The van der Waals surface area contributed by atoms with Crippen molar-refractivity contribution in [3.63, 3.8) is 0 Å². The lowest BCUT2D eigenvalue weighted by Gasteiger charge is -1.77. The highest BCUT2D eigenvalue weighted by Gasteiger charge is 2.04. The highest BCUT2D eigenvalue weighted by atomic mass is 16.4.